The molecular weight excluding hydrogens is 1090 g/mol. The summed E-state index contributed by atoms with van der Waals surface area (Å²) in [5.41, 5.74) is 0. The van der Waals surface area contributed by atoms with Gasteiger partial charge in [-0.05, 0) is 70.6 Å². The van der Waals surface area contributed by atoms with Crippen molar-refractivity contribution in [2.45, 2.75) is 341 Å². The van der Waals surface area contributed by atoms with Crippen molar-refractivity contribution in [2.24, 2.45) is 0 Å². The van der Waals surface area contributed by atoms with Gasteiger partial charge in [0.1, 0.15) is 19.8 Å². The van der Waals surface area contributed by atoms with Crippen LogP contribution in [0.3, 0.4) is 0 Å². The van der Waals surface area contributed by atoms with E-state index >= 15 is 0 Å². The second kappa shape index (κ2) is 66.6. The minimum atomic E-state index is -4.66. The molecule has 500 valence electrons. The van der Waals surface area contributed by atoms with Crippen molar-refractivity contribution in [1.29, 1.82) is 0 Å². The van der Waals surface area contributed by atoms with Crippen molar-refractivity contribution in [2.75, 3.05) is 47.5 Å². The molecule has 0 saturated heterocycles. The van der Waals surface area contributed by atoms with E-state index in [1.165, 1.54) is 218 Å². The molecule has 0 rings (SSSR count). The number of phosphoric acid groups is 1. The van der Waals surface area contributed by atoms with Crippen molar-refractivity contribution in [1.82, 2.24) is 0 Å². The zero-order chi connectivity index (χ0) is 62.6. The molecule has 0 saturated carbocycles. The van der Waals surface area contributed by atoms with Gasteiger partial charge in [-0.1, -0.05) is 336 Å². The van der Waals surface area contributed by atoms with E-state index < -0.39 is 26.5 Å². The Morgan fingerprint density at radius 2 is 0.663 bits per heavy atom. The van der Waals surface area contributed by atoms with Crippen LogP contribution < -0.4 is 4.89 Å². The van der Waals surface area contributed by atoms with Gasteiger partial charge in [0.15, 0.2) is 6.10 Å². The average molecular weight is 1220 g/mol. The lowest BCUT2D eigenvalue weighted by Gasteiger charge is -2.28. The van der Waals surface area contributed by atoms with Gasteiger partial charge in [0, 0.05) is 12.8 Å². The number of carbonyl (C=O) groups is 2. The Morgan fingerprint density at radius 3 is 0.988 bits per heavy atom. The average Bonchev–Trinajstić information content (AvgIpc) is 3.70. The summed E-state index contributed by atoms with van der Waals surface area (Å²) in [6, 6.07) is 0. The third-order valence-electron chi connectivity index (χ3n) is 15.9. The summed E-state index contributed by atoms with van der Waals surface area (Å²) in [4.78, 5) is 38.0. The quantitative estimate of drug-likeness (QED) is 0.0195. The van der Waals surface area contributed by atoms with Gasteiger partial charge in [-0.2, -0.15) is 0 Å². The molecule has 2 atom stereocenters. The number of allylic oxidation sites excluding steroid dienone is 14. The maximum absolute atomic E-state index is 12.8. The first-order valence-electron chi connectivity index (χ1n) is 36.3. The molecule has 0 aliphatic carbocycles. The summed E-state index contributed by atoms with van der Waals surface area (Å²) in [5, 5.41) is 0. The van der Waals surface area contributed by atoms with E-state index in [4.69, 9.17) is 18.5 Å². The second-order valence-electron chi connectivity index (χ2n) is 25.6. The van der Waals surface area contributed by atoms with Crippen LogP contribution in [0.5, 0.6) is 0 Å². The predicted octanol–water partition coefficient (Wildman–Crippen LogP) is 23.1. The van der Waals surface area contributed by atoms with Gasteiger partial charge in [0.2, 0.25) is 0 Å². The number of esters is 2. The Balaban J connectivity index is 4.00. The number of nitrogens with zero attached hydrogens (tertiary/aromatic N) is 1. The van der Waals surface area contributed by atoms with E-state index in [1.54, 1.807) is 0 Å². The van der Waals surface area contributed by atoms with E-state index in [2.05, 4.69) is 98.9 Å². The third kappa shape index (κ3) is 70.3. The van der Waals surface area contributed by atoms with Gasteiger partial charge in [0.25, 0.3) is 7.82 Å². The second-order valence-corrected chi connectivity index (χ2v) is 27.0. The molecule has 0 aromatic carbocycles. The maximum Gasteiger partial charge on any atom is 0.306 e. The highest BCUT2D eigenvalue weighted by Gasteiger charge is 2.22. The summed E-state index contributed by atoms with van der Waals surface area (Å²) >= 11 is 0. The lowest BCUT2D eigenvalue weighted by atomic mass is 10.0. The van der Waals surface area contributed by atoms with Crippen LogP contribution in [0.2, 0.25) is 0 Å². The van der Waals surface area contributed by atoms with Crippen molar-refractivity contribution in [3.8, 4) is 0 Å². The molecule has 9 nitrogen and oxygen atoms in total. The highest BCUT2D eigenvalue weighted by atomic mass is 31.2. The Bertz CT molecular complexity index is 1730. The SMILES string of the molecule is CC/C=C\C/C=C\C/C=C\C/C=C\C/C=C\C/C=C\C/C=C\CCCCCC(=O)OC(COC(=O)CCCCCCCCCCCCCCCCCCCCCCCCCCCCCCCCCCCCCCC)COP(=O)([O-])OCC[N+](C)(C)C. The minimum absolute atomic E-state index is 0.0405. The molecule has 0 N–H and O–H groups in total. The van der Waals surface area contributed by atoms with Gasteiger partial charge in [-0.25, -0.2) is 0 Å². The fourth-order valence-electron chi connectivity index (χ4n) is 10.4. The molecule has 0 aliphatic rings. The standard InChI is InChI=1S/C76H138NO8P/c1-6-8-10-12-14-16-18-20-22-24-26-28-30-32-33-34-35-36-37-38-39-40-41-42-43-45-46-48-50-52-54-56-58-60-62-64-66-68-75(78)82-72-74(73-84-86(80,81)83-71-70-77(3,4)5)85-76(79)69-67-65-63-61-59-57-55-53-51-49-47-44-31-29-27-25-23-21-19-17-15-13-11-9-7-2/h9,11,15,17,21,23,27,29,44,47,51,53,57,59,74H,6-8,10,12-14,16,18-20,22,24-26,28,30-43,45-46,48-50,52,54-56,58,60-73H2,1-5H3/b11-9-,17-15-,23-21-,29-27-,47-44-,53-51-,59-57-. The maximum atomic E-state index is 12.8. The number of hydrogen-bond donors (Lipinski definition) is 0. The normalized spacial score (nSPS) is 13.6. The molecule has 0 amide bonds. The molecule has 0 aromatic rings. The number of likely N-dealkylation sites (N-methyl/N-ethyl adjacent to an activating group) is 1. The molecule has 0 radical (unpaired) electrons. The largest absolute Gasteiger partial charge is 0.756 e. The molecule has 10 heteroatoms. The van der Waals surface area contributed by atoms with Gasteiger partial charge >= 0.3 is 11.9 Å². The summed E-state index contributed by atoms with van der Waals surface area (Å²) in [7, 11) is 1.14. The minimum Gasteiger partial charge on any atom is -0.756 e. The molecule has 0 spiro atoms. The first kappa shape index (κ1) is 83.2. The van der Waals surface area contributed by atoms with Crippen LogP contribution in [0.4, 0.5) is 0 Å². The first-order chi connectivity index (χ1) is 42.0. The smallest absolute Gasteiger partial charge is 0.306 e. The number of ether oxygens (including phenoxy) is 2. The van der Waals surface area contributed by atoms with Crippen molar-refractivity contribution < 1.29 is 42.1 Å². The van der Waals surface area contributed by atoms with E-state index in [9.17, 15) is 19.0 Å². The van der Waals surface area contributed by atoms with Crippen LogP contribution >= 0.6 is 7.82 Å². The van der Waals surface area contributed by atoms with Gasteiger partial charge in [-0.15, -0.1) is 0 Å². The predicted molar refractivity (Wildman–Crippen MR) is 369 cm³/mol. The zero-order valence-corrected chi connectivity index (χ0v) is 57.9. The number of hydrogen-bond acceptors (Lipinski definition) is 8. The van der Waals surface area contributed by atoms with Gasteiger partial charge < -0.3 is 27.9 Å². The Kier molecular flexibility index (Phi) is 64.4. The molecule has 0 bridgehead atoms. The van der Waals surface area contributed by atoms with Crippen molar-refractivity contribution in [3.05, 3.63) is 85.1 Å². The van der Waals surface area contributed by atoms with E-state index in [0.29, 0.717) is 17.4 Å². The van der Waals surface area contributed by atoms with Crippen LogP contribution in [-0.4, -0.2) is 70.0 Å². The van der Waals surface area contributed by atoms with Crippen LogP contribution in [0.25, 0.3) is 0 Å². The number of phosphoric ester groups is 1. The zero-order valence-electron chi connectivity index (χ0n) is 57.0. The summed E-state index contributed by atoms with van der Waals surface area (Å²) in [6.45, 7) is 4.12. The Hall–Kier alpha value is -2.81. The number of unbranched alkanes of at least 4 members (excludes halogenated alkanes) is 39. The molecule has 0 fully saturated rings. The van der Waals surface area contributed by atoms with Crippen LogP contribution in [0, 0.1) is 0 Å². The summed E-state index contributed by atoms with van der Waals surface area (Å²) in [6.07, 6.45) is 91.3. The number of carbonyl (C=O) groups excluding carboxylic acids is 2. The summed E-state index contributed by atoms with van der Waals surface area (Å²) < 4.78 is 34.3. The van der Waals surface area contributed by atoms with Crippen LogP contribution in [-0.2, 0) is 32.7 Å². The number of quaternary nitrogens is 1. The molecular formula is C76H138NO8P. The monoisotopic (exact) mass is 1220 g/mol. The van der Waals surface area contributed by atoms with Gasteiger partial charge in [-0.3, -0.25) is 14.2 Å². The fraction of sp³-hybridized carbons (Fsp3) is 0.789. The molecule has 86 heavy (non-hydrogen) atoms. The van der Waals surface area contributed by atoms with E-state index in [0.717, 1.165) is 83.5 Å². The van der Waals surface area contributed by atoms with Crippen LogP contribution in [0.1, 0.15) is 335 Å². The fourth-order valence-corrected chi connectivity index (χ4v) is 11.1. The first-order valence-corrected chi connectivity index (χ1v) is 37.8. The highest BCUT2D eigenvalue weighted by Crippen LogP contribution is 2.38. The molecule has 0 aliphatic heterocycles. The highest BCUT2D eigenvalue weighted by molar-refractivity contribution is 7.45. The third-order valence-corrected chi connectivity index (χ3v) is 16.9. The van der Waals surface area contributed by atoms with E-state index in [1.807, 2.05) is 21.1 Å². The number of rotatable bonds is 67. The Labute approximate surface area is 532 Å². The lowest BCUT2D eigenvalue weighted by Crippen LogP contribution is -2.37. The van der Waals surface area contributed by atoms with Gasteiger partial charge in [0.05, 0.1) is 27.7 Å². The molecule has 0 aromatic heterocycles. The van der Waals surface area contributed by atoms with Crippen molar-refractivity contribution in [3.63, 3.8) is 0 Å². The Morgan fingerprint density at radius 1 is 0.372 bits per heavy atom. The molecule has 0 heterocycles. The molecule has 2 unspecified atom stereocenters. The van der Waals surface area contributed by atoms with E-state index in [-0.39, 0.29) is 32.0 Å². The van der Waals surface area contributed by atoms with Crippen LogP contribution in [0.15, 0.2) is 85.1 Å². The summed E-state index contributed by atoms with van der Waals surface area (Å²) in [5.74, 6) is -0.864. The lowest BCUT2D eigenvalue weighted by molar-refractivity contribution is -0.870. The van der Waals surface area contributed by atoms with Crippen molar-refractivity contribution >= 4 is 19.8 Å². The topological polar surface area (TPSA) is 111 Å².